The van der Waals surface area contributed by atoms with Gasteiger partial charge in [-0.05, 0) is 25.0 Å². The minimum atomic E-state index is -1.26. The smallest absolute Gasteiger partial charge is 0.352 e. The van der Waals surface area contributed by atoms with Gasteiger partial charge >= 0.3 is 11.9 Å². The molecule has 6 amide bonds. The fourth-order valence-electron chi connectivity index (χ4n) is 9.06. The van der Waals surface area contributed by atoms with Gasteiger partial charge in [0.2, 0.25) is 11.8 Å². The number of pyridine rings is 2. The zero-order valence-electron chi connectivity index (χ0n) is 44.6. The van der Waals surface area contributed by atoms with E-state index < -0.39 is 58.4 Å². The first-order valence-electron chi connectivity index (χ1n) is 25.2. The summed E-state index contributed by atoms with van der Waals surface area (Å²) in [6, 6.07) is 5.45. The van der Waals surface area contributed by atoms with Gasteiger partial charge in [0.15, 0.2) is 59.6 Å². The second kappa shape index (κ2) is 27.7. The van der Waals surface area contributed by atoms with Crippen LogP contribution in [-0.4, -0.2) is 183 Å². The highest BCUT2D eigenvalue weighted by atomic mass is 32.2. The van der Waals surface area contributed by atoms with Crippen molar-refractivity contribution in [2.75, 3.05) is 73.3 Å². The summed E-state index contributed by atoms with van der Waals surface area (Å²) in [6.45, 7) is 5.90. The first kappa shape index (κ1) is 60.8. The lowest BCUT2D eigenvalue weighted by molar-refractivity contribution is -0.689. The lowest BCUT2D eigenvalue weighted by Gasteiger charge is -2.49. The van der Waals surface area contributed by atoms with Crippen molar-refractivity contribution >= 4 is 139 Å². The zero-order chi connectivity index (χ0) is 58.8. The third kappa shape index (κ3) is 14.0. The number of oxime groups is 2. The number of amides is 6. The SMILES string of the molecule is CCN(Cc1cc[n+](CC2=C(C(=O)O)N3C(=O)C(NC(=O)/C(=N\OC)c4csc(N)n4)C3SC2)cc1)C(=O)CSCCSCC(=O)N(CC)Cc1cc[n+](CC2=C(C(=O)O)N3C(=O)[C@@H](NC(=O)/C(=N\OC)c4csc(N)n4)[C@H]3SC2)cc1. The molecule has 8 rings (SSSR count). The zero-order valence-corrected chi connectivity index (χ0v) is 49.5. The predicted molar refractivity (Wildman–Crippen MR) is 310 cm³/mol. The summed E-state index contributed by atoms with van der Waals surface area (Å²) >= 11 is 7.87. The van der Waals surface area contributed by atoms with Gasteiger partial charge in [0.05, 0.1) is 11.5 Å². The number of carboxylic acids is 2. The standard InChI is InChI=1S/C50H56N14O12S6/c1-5-61(17-27-7-11-59(12-8-27)19-29-21-79-45-37(43(69)63(45)39(29)47(71)72)55-41(67)35(57-75-3)31-23-81-49(51)53-31)33(65)25-77-15-16-78-26-34(66)62(6-2)18-28-9-13-60(14-10-28)20-30-22-80-46-38(44(70)64(46)40(30)48(73)74)56-42(68)36(58-76-4)32-24-82-50(52)54-32/h7-14,23-24,37-38,45-46H,5-6,15-22,25-26H2,1-4H3,(H6-2,51,52,53,54,55,56,67,68,71,72,73,74)/p+2/b57-35-,58-36-/t37-,38?,45-,46?/m1/s1. The third-order valence-corrected chi connectivity index (χ3v) is 19.3. The Bertz CT molecular complexity index is 3030. The number of nitrogen functional groups attached to an aromatic ring is 2. The first-order chi connectivity index (χ1) is 39.4. The molecule has 2 fully saturated rings. The monoisotopic (exact) mass is 1240 g/mol. The lowest BCUT2D eigenvalue weighted by atomic mass is 10.0. The molecule has 4 aliphatic heterocycles. The van der Waals surface area contributed by atoms with Crippen molar-refractivity contribution in [1.29, 1.82) is 0 Å². The van der Waals surface area contributed by atoms with Gasteiger partial charge in [0.25, 0.3) is 23.6 Å². The van der Waals surface area contributed by atoms with Crippen LogP contribution >= 0.6 is 69.7 Å². The van der Waals surface area contributed by atoms with E-state index in [1.807, 2.05) is 38.1 Å². The van der Waals surface area contributed by atoms with Gasteiger partial charge in [-0.1, -0.05) is 10.3 Å². The van der Waals surface area contributed by atoms with Crippen molar-refractivity contribution in [2.24, 2.45) is 10.3 Å². The number of rotatable bonds is 27. The molecule has 0 aliphatic carbocycles. The molecule has 0 spiro atoms. The van der Waals surface area contributed by atoms with Crippen LogP contribution in [0.2, 0.25) is 0 Å². The van der Waals surface area contributed by atoms with Crippen LogP contribution in [0.5, 0.6) is 0 Å². The predicted octanol–water partition coefficient (Wildman–Crippen LogP) is 0.781. The Morgan fingerprint density at radius 3 is 1.38 bits per heavy atom. The molecular formula is C50H58N14O12S6+2. The van der Waals surface area contributed by atoms with Crippen LogP contribution in [0.15, 0.2) is 92.7 Å². The number of aromatic nitrogens is 4. The van der Waals surface area contributed by atoms with Crippen molar-refractivity contribution < 1.29 is 67.4 Å². The number of nitrogens with one attached hydrogen (secondary N) is 2. The number of anilines is 2. The molecule has 0 aromatic carbocycles. The second-order valence-electron chi connectivity index (χ2n) is 18.3. The number of nitrogens with two attached hydrogens (primary N) is 2. The van der Waals surface area contributed by atoms with Gasteiger partial charge in [-0.15, -0.1) is 46.2 Å². The van der Waals surface area contributed by atoms with Crippen molar-refractivity contribution in [3.05, 3.63) is 105 Å². The number of hydrogen-bond donors (Lipinski definition) is 6. The Morgan fingerprint density at radius 2 is 1.06 bits per heavy atom. The molecule has 82 heavy (non-hydrogen) atoms. The van der Waals surface area contributed by atoms with Crippen LogP contribution in [0, 0.1) is 0 Å². The molecule has 4 atom stereocenters. The molecule has 2 unspecified atom stereocenters. The van der Waals surface area contributed by atoms with E-state index in [0.29, 0.717) is 60.3 Å². The van der Waals surface area contributed by atoms with Gasteiger partial charge in [0, 0.05) is 95.4 Å². The van der Waals surface area contributed by atoms with Crippen LogP contribution in [0.3, 0.4) is 0 Å². The van der Waals surface area contributed by atoms with Crippen LogP contribution in [0.1, 0.15) is 36.4 Å². The van der Waals surface area contributed by atoms with Crippen LogP contribution in [-0.2, 0) is 74.2 Å². The molecule has 4 aliphatic rings. The summed E-state index contributed by atoms with van der Waals surface area (Å²) < 4.78 is 3.61. The maximum absolute atomic E-state index is 13.4. The maximum Gasteiger partial charge on any atom is 0.352 e. The van der Waals surface area contributed by atoms with Gasteiger partial charge in [-0.3, -0.25) is 38.6 Å². The average molecular weight is 1240 g/mol. The molecule has 32 heteroatoms. The summed E-state index contributed by atoms with van der Waals surface area (Å²) in [5.41, 5.74) is 14.0. The van der Waals surface area contributed by atoms with E-state index in [1.165, 1.54) is 81.8 Å². The highest BCUT2D eigenvalue weighted by Crippen LogP contribution is 2.42. The quantitative estimate of drug-likeness (QED) is 0.0158. The Kier molecular flexibility index (Phi) is 20.5. The van der Waals surface area contributed by atoms with E-state index in [9.17, 15) is 48.6 Å². The highest BCUT2D eigenvalue weighted by molar-refractivity contribution is 8.03. The Balaban J connectivity index is 0.745. The second-order valence-corrected chi connectivity index (χ2v) is 24.5. The summed E-state index contributed by atoms with van der Waals surface area (Å²) in [7, 11) is 2.53. The summed E-state index contributed by atoms with van der Waals surface area (Å²) in [5, 5.41) is 35.5. The fraction of sp³-hybridized carbons (Fsp3) is 0.400. The molecule has 26 nitrogen and oxygen atoms in total. The number of thiazole rings is 2. The number of β-lactam (4-membered cyclic amide) rings is 2. The lowest BCUT2D eigenvalue weighted by Crippen LogP contribution is -2.71. The molecule has 2 saturated heterocycles. The molecule has 8 heterocycles. The van der Waals surface area contributed by atoms with E-state index in [4.69, 9.17) is 21.1 Å². The van der Waals surface area contributed by atoms with Crippen molar-refractivity contribution in [3.8, 4) is 0 Å². The minimum absolute atomic E-state index is 0.0308. The first-order valence-corrected chi connectivity index (χ1v) is 31.3. The van der Waals surface area contributed by atoms with Crippen LogP contribution in [0.4, 0.5) is 10.3 Å². The summed E-state index contributed by atoms with van der Waals surface area (Å²) in [5.74, 6) is -2.73. The number of carbonyl (C=O) groups is 8. The number of carboxylic acid groups (broad SMARTS) is 2. The molecule has 8 N–H and O–H groups in total. The number of carbonyl (C=O) groups excluding carboxylic acids is 6. The molecule has 0 bridgehead atoms. The van der Waals surface area contributed by atoms with Crippen molar-refractivity contribution in [3.63, 3.8) is 0 Å². The third-order valence-electron chi connectivity index (χ3n) is 13.1. The molecule has 0 saturated carbocycles. The summed E-state index contributed by atoms with van der Waals surface area (Å²) in [6.07, 6.45) is 7.19. The fourth-order valence-corrected chi connectivity index (χ4v) is 14.8. The average Bonchev–Trinajstić information content (AvgIpc) is 1.75. The number of nitrogens with zero attached hydrogens (tertiary/aromatic N) is 10. The van der Waals surface area contributed by atoms with Gasteiger partial charge in [0.1, 0.15) is 59.8 Å². The molecule has 434 valence electrons. The topological polar surface area (TPSA) is 343 Å². The van der Waals surface area contributed by atoms with Gasteiger partial charge in [-0.2, -0.15) is 23.5 Å². The number of fused-ring (bicyclic) bond motifs is 2. The van der Waals surface area contributed by atoms with Crippen molar-refractivity contribution in [1.82, 2.24) is 40.2 Å². The number of aliphatic carboxylic acids is 2. The largest absolute Gasteiger partial charge is 0.477 e. The van der Waals surface area contributed by atoms with E-state index in [0.717, 1.165) is 33.8 Å². The molecular weight excluding hydrogens is 1180 g/mol. The Hall–Kier alpha value is -7.26. The van der Waals surface area contributed by atoms with E-state index in [2.05, 4.69) is 30.9 Å². The summed E-state index contributed by atoms with van der Waals surface area (Å²) in [4.78, 5) is 128. The van der Waals surface area contributed by atoms with Gasteiger partial charge in [-0.25, -0.2) is 28.7 Å². The van der Waals surface area contributed by atoms with E-state index >= 15 is 0 Å². The van der Waals surface area contributed by atoms with E-state index in [-0.39, 0.29) is 80.9 Å². The minimum Gasteiger partial charge on any atom is -0.477 e. The molecule has 4 aromatic rings. The normalized spacial score (nSPS) is 18.7. The van der Waals surface area contributed by atoms with Crippen molar-refractivity contribution in [2.45, 2.75) is 62.9 Å². The molecule has 4 aromatic heterocycles. The van der Waals surface area contributed by atoms with E-state index in [1.54, 1.807) is 43.7 Å². The number of hydrogen-bond acceptors (Lipinski definition) is 22. The Labute approximate surface area is 494 Å². The number of thioether (sulfide) groups is 4. The van der Waals surface area contributed by atoms with Crippen LogP contribution < -0.4 is 31.2 Å². The Morgan fingerprint density at radius 1 is 0.683 bits per heavy atom. The maximum atomic E-state index is 13.4. The van der Waals surface area contributed by atoms with Gasteiger partial charge < -0.3 is 51.8 Å². The molecule has 0 radical (unpaired) electrons. The highest BCUT2D eigenvalue weighted by Gasteiger charge is 2.56. The van der Waals surface area contributed by atoms with Crippen LogP contribution in [0.25, 0.3) is 0 Å².